The molecule has 6 nitrogen and oxygen atoms in total. The molecule has 0 aliphatic carbocycles. The third-order valence-corrected chi connectivity index (χ3v) is 7.86. The van der Waals surface area contributed by atoms with Crippen molar-refractivity contribution >= 4 is 51.7 Å². The number of carbonyl (C=O) groups is 1. The highest BCUT2D eigenvalue weighted by atomic mass is 32.2. The van der Waals surface area contributed by atoms with Gasteiger partial charge in [-0.3, -0.25) is 18.9 Å². The van der Waals surface area contributed by atoms with Gasteiger partial charge in [0.15, 0.2) is 0 Å². The smallest absolute Gasteiger partial charge is 0.267 e. The van der Waals surface area contributed by atoms with E-state index in [0.717, 1.165) is 44.3 Å². The quantitative estimate of drug-likeness (QED) is 0.354. The molecule has 0 N–H and O–H groups in total. The van der Waals surface area contributed by atoms with Crippen LogP contribution in [0.5, 0.6) is 0 Å². The first-order chi connectivity index (χ1) is 17.0. The second-order valence-electron chi connectivity index (χ2n) is 9.06. The Balaban J connectivity index is 1.46. The number of rotatable bonds is 6. The van der Waals surface area contributed by atoms with Gasteiger partial charge >= 0.3 is 0 Å². The van der Waals surface area contributed by atoms with Crippen molar-refractivity contribution in [1.29, 1.82) is 0 Å². The third kappa shape index (κ3) is 5.04. The van der Waals surface area contributed by atoms with Crippen molar-refractivity contribution in [3.05, 3.63) is 80.6 Å². The summed E-state index contributed by atoms with van der Waals surface area (Å²) in [6.07, 6.45) is 8.53. The predicted molar refractivity (Wildman–Crippen MR) is 147 cm³/mol. The van der Waals surface area contributed by atoms with Gasteiger partial charge < -0.3 is 4.90 Å². The fraction of sp³-hybridized carbons (Fsp3) is 0.333. The number of benzene rings is 1. The number of hydrogen-bond acceptors (Lipinski definition) is 6. The number of piperidine rings is 1. The van der Waals surface area contributed by atoms with Crippen LogP contribution in [0.4, 0.5) is 5.82 Å². The lowest BCUT2D eigenvalue weighted by Crippen LogP contribution is -2.33. The van der Waals surface area contributed by atoms with E-state index < -0.39 is 0 Å². The minimum absolute atomic E-state index is 0.133. The van der Waals surface area contributed by atoms with E-state index in [-0.39, 0.29) is 11.5 Å². The Morgan fingerprint density at radius 2 is 1.83 bits per heavy atom. The highest BCUT2D eigenvalue weighted by Crippen LogP contribution is 2.34. The van der Waals surface area contributed by atoms with Gasteiger partial charge in [-0.2, -0.15) is 0 Å². The summed E-state index contributed by atoms with van der Waals surface area (Å²) in [5.74, 6) is 0.527. The zero-order valence-corrected chi connectivity index (χ0v) is 21.4. The van der Waals surface area contributed by atoms with Crippen molar-refractivity contribution in [3.8, 4) is 0 Å². The van der Waals surface area contributed by atoms with Crippen LogP contribution in [0, 0.1) is 6.92 Å². The van der Waals surface area contributed by atoms with Gasteiger partial charge in [0.25, 0.3) is 11.5 Å². The van der Waals surface area contributed by atoms with Gasteiger partial charge in [0.1, 0.15) is 15.8 Å². The van der Waals surface area contributed by atoms with Crippen molar-refractivity contribution in [2.45, 2.75) is 39.0 Å². The van der Waals surface area contributed by atoms with Crippen molar-refractivity contribution in [3.63, 3.8) is 0 Å². The van der Waals surface area contributed by atoms with Gasteiger partial charge in [0.05, 0.1) is 10.5 Å². The molecule has 180 valence electrons. The summed E-state index contributed by atoms with van der Waals surface area (Å²) in [5, 5.41) is 0. The Hall–Kier alpha value is -2.97. The van der Waals surface area contributed by atoms with E-state index in [1.54, 1.807) is 21.6 Å². The van der Waals surface area contributed by atoms with Crippen molar-refractivity contribution in [2.24, 2.45) is 0 Å². The van der Waals surface area contributed by atoms with E-state index >= 15 is 0 Å². The monoisotopic (exact) mass is 504 g/mol. The Kier molecular flexibility index (Phi) is 7.02. The minimum atomic E-state index is -0.159. The van der Waals surface area contributed by atoms with E-state index in [0.29, 0.717) is 32.8 Å². The van der Waals surface area contributed by atoms with Crippen molar-refractivity contribution in [1.82, 2.24) is 14.3 Å². The maximum atomic E-state index is 13.6. The van der Waals surface area contributed by atoms with E-state index in [1.807, 2.05) is 37.3 Å². The molecule has 3 aromatic rings. The lowest BCUT2D eigenvalue weighted by atomic mass is 10.1. The van der Waals surface area contributed by atoms with E-state index in [4.69, 9.17) is 17.2 Å². The lowest BCUT2D eigenvalue weighted by Gasteiger charge is -2.29. The first-order valence-corrected chi connectivity index (χ1v) is 13.3. The second kappa shape index (κ2) is 10.3. The molecule has 2 aromatic heterocycles. The van der Waals surface area contributed by atoms with Gasteiger partial charge in [-0.15, -0.1) is 0 Å². The first kappa shape index (κ1) is 23.8. The lowest BCUT2D eigenvalue weighted by molar-refractivity contribution is -0.122. The van der Waals surface area contributed by atoms with Gasteiger partial charge in [0, 0.05) is 25.8 Å². The van der Waals surface area contributed by atoms with E-state index in [2.05, 4.69) is 17.0 Å². The number of nitrogens with zero attached hydrogens (tertiary/aromatic N) is 4. The number of fused-ring (bicyclic) bond motifs is 1. The number of aromatic nitrogens is 2. The summed E-state index contributed by atoms with van der Waals surface area (Å²) in [7, 11) is 0. The minimum Gasteiger partial charge on any atom is -0.356 e. The Bertz CT molecular complexity index is 1360. The van der Waals surface area contributed by atoms with Crippen LogP contribution in [0.2, 0.25) is 0 Å². The van der Waals surface area contributed by atoms with Crippen LogP contribution < -0.4 is 10.5 Å². The molecule has 2 aliphatic rings. The van der Waals surface area contributed by atoms with E-state index in [9.17, 15) is 9.59 Å². The largest absolute Gasteiger partial charge is 0.356 e. The molecule has 2 aliphatic heterocycles. The normalized spacial score (nSPS) is 17.7. The second-order valence-corrected chi connectivity index (χ2v) is 10.7. The van der Waals surface area contributed by atoms with Gasteiger partial charge in [-0.1, -0.05) is 60.4 Å². The number of pyridine rings is 1. The summed E-state index contributed by atoms with van der Waals surface area (Å²) < 4.78 is 2.12. The number of carbonyl (C=O) groups excluding carboxylic acids is 1. The van der Waals surface area contributed by atoms with Crippen LogP contribution in [0.15, 0.2) is 58.4 Å². The number of thioether (sulfide) groups is 1. The molecule has 0 spiro atoms. The molecule has 35 heavy (non-hydrogen) atoms. The first-order valence-electron chi connectivity index (χ1n) is 12.1. The molecule has 8 heteroatoms. The average molecular weight is 505 g/mol. The molecule has 0 bridgehead atoms. The molecular weight excluding hydrogens is 476 g/mol. The van der Waals surface area contributed by atoms with Crippen LogP contribution in [0.1, 0.15) is 42.4 Å². The molecule has 1 amide bonds. The molecule has 4 heterocycles. The van der Waals surface area contributed by atoms with E-state index in [1.165, 1.54) is 23.7 Å². The summed E-state index contributed by atoms with van der Waals surface area (Å²) in [6.45, 7) is 4.22. The molecule has 2 fully saturated rings. The van der Waals surface area contributed by atoms with Crippen LogP contribution >= 0.6 is 24.0 Å². The number of thiocarbonyl (C=S) groups is 1. The summed E-state index contributed by atoms with van der Waals surface area (Å²) in [4.78, 5) is 36.1. The Morgan fingerprint density at radius 1 is 1.06 bits per heavy atom. The summed E-state index contributed by atoms with van der Waals surface area (Å²) >= 11 is 6.81. The maximum Gasteiger partial charge on any atom is 0.267 e. The molecule has 0 unspecified atom stereocenters. The third-order valence-electron chi connectivity index (χ3n) is 6.48. The number of aryl methyl sites for hydroxylation is 2. The zero-order chi connectivity index (χ0) is 24.4. The van der Waals surface area contributed by atoms with Gasteiger partial charge in [0.2, 0.25) is 0 Å². The van der Waals surface area contributed by atoms with Crippen LogP contribution in [0.25, 0.3) is 11.7 Å². The highest BCUT2D eigenvalue weighted by Gasteiger charge is 2.32. The van der Waals surface area contributed by atoms with Crippen LogP contribution in [-0.4, -0.2) is 44.1 Å². The standard InChI is InChI=1S/C27H28N4O2S2/c1-19-12-13-23-28-24(29-14-6-3-7-15-29)21(25(32)31(23)18-19)17-22-26(33)30(27(34)35-22)16-8-11-20-9-4-2-5-10-20/h2,4-5,9-10,12-13,17-18H,3,6-8,11,14-16H2,1H3/b22-17-. The molecule has 0 radical (unpaired) electrons. The molecular formula is C27H28N4O2S2. The van der Waals surface area contributed by atoms with Crippen molar-refractivity contribution < 1.29 is 4.79 Å². The molecule has 1 aromatic carbocycles. The van der Waals surface area contributed by atoms with Gasteiger partial charge in [-0.25, -0.2) is 4.98 Å². The molecule has 0 atom stereocenters. The van der Waals surface area contributed by atoms with Crippen molar-refractivity contribution in [2.75, 3.05) is 24.5 Å². The topological polar surface area (TPSA) is 57.9 Å². The summed E-state index contributed by atoms with van der Waals surface area (Å²) in [5.41, 5.74) is 3.13. The predicted octanol–water partition coefficient (Wildman–Crippen LogP) is 4.83. The fourth-order valence-electron chi connectivity index (χ4n) is 4.63. The highest BCUT2D eigenvalue weighted by molar-refractivity contribution is 8.26. The maximum absolute atomic E-state index is 13.6. The average Bonchev–Trinajstić information content (AvgIpc) is 3.14. The number of amides is 1. The molecule has 5 rings (SSSR count). The van der Waals surface area contributed by atoms with Gasteiger partial charge in [-0.05, 0) is 62.3 Å². The van der Waals surface area contributed by atoms with Crippen LogP contribution in [-0.2, 0) is 11.2 Å². The van der Waals surface area contributed by atoms with Crippen LogP contribution in [0.3, 0.4) is 0 Å². The fourth-order valence-corrected chi connectivity index (χ4v) is 5.92. The zero-order valence-electron chi connectivity index (χ0n) is 19.8. The molecule has 0 saturated carbocycles. The summed E-state index contributed by atoms with van der Waals surface area (Å²) in [6, 6.07) is 14.1. The SMILES string of the molecule is Cc1ccc2nc(N3CCCCC3)c(/C=C3\SC(=S)N(CCCc4ccccc4)C3=O)c(=O)n2c1. The molecule has 2 saturated heterocycles. The Morgan fingerprint density at radius 3 is 2.60 bits per heavy atom. The number of anilines is 1. The number of hydrogen-bond donors (Lipinski definition) is 0. The Labute approximate surface area is 214 Å².